The SMILES string of the molecule is CCCCC[C@H]1CC[C@H]([C@H]2CC[C@H]([C@H]3CC[C@H](c4ccc(OCC)c(F)c4F)CC3)CO2)CC1. The standard InChI is InChI=1S/C30H46F2O2/c1-3-5-6-7-21-8-10-24(11-9-21)27-18-16-25(20-34-27)22-12-14-23(15-13-22)26-17-19-28(33-4-2)30(32)29(26)31/h17,19,21-25,27H,3-16,18,20H2,1-2H3/t21-,22-,23-,24-,25-,27+/m0/s1. The molecule has 0 bridgehead atoms. The van der Waals surface area contributed by atoms with Crippen LogP contribution in [0.5, 0.6) is 5.75 Å². The lowest BCUT2D eigenvalue weighted by atomic mass is 9.71. The number of rotatable bonds is 9. The van der Waals surface area contributed by atoms with E-state index in [1.165, 1.54) is 64.2 Å². The molecule has 2 saturated carbocycles. The summed E-state index contributed by atoms with van der Waals surface area (Å²) in [5.74, 6) is 1.65. The molecule has 1 heterocycles. The van der Waals surface area contributed by atoms with Crippen LogP contribution in [0.15, 0.2) is 12.1 Å². The second kappa shape index (κ2) is 12.7. The summed E-state index contributed by atoms with van der Waals surface area (Å²) < 4.78 is 40.7. The average Bonchev–Trinajstić information content (AvgIpc) is 2.88. The molecule has 0 spiro atoms. The minimum atomic E-state index is -0.830. The van der Waals surface area contributed by atoms with Gasteiger partial charge in [0.25, 0.3) is 0 Å². The Morgan fingerprint density at radius 1 is 0.794 bits per heavy atom. The van der Waals surface area contributed by atoms with Gasteiger partial charge in [0.2, 0.25) is 5.82 Å². The topological polar surface area (TPSA) is 18.5 Å². The van der Waals surface area contributed by atoms with Crippen LogP contribution in [-0.4, -0.2) is 19.3 Å². The summed E-state index contributed by atoms with van der Waals surface area (Å²) in [5.41, 5.74) is 0.532. The second-order valence-corrected chi connectivity index (χ2v) is 11.3. The molecule has 4 heteroatoms. The van der Waals surface area contributed by atoms with Gasteiger partial charge >= 0.3 is 0 Å². The highest BCUT2D eigenvalue weighted by molar-refractivity contribution is 5.33. The van der Waals surface area contributed by atoms with Crippen molar-refractivity contribution in [3.63, 3.8) is 0 Å². The van der Waals surface area contributed by atoms with Gasteiger partial charge in [-0.1, -0.05) is 51.5 Å². The molecule has 0 N–H and O–H groups in total. The Hall–Kier alpha value is -1.16. The van der Waals surface area contributed by atoms with Crippen molar-refractivity contribution in [3.8, 4) is 5.75 Å². The zero-order valence-corrected chi connectivity index (χ0v) is 21.5. The smallest absolute Gasteiger partial charge is 0.200 e. The van der Waals surface area contributed by atoms with Crippen LogP contribution in [0.3, 0.4) is 0 Å². The van der Waals surface area contributed by atoms with Gasteiger partial charge in [0.05, 0.1) is 19.3 Å². The highest BCUT2D eigenvalue weighted by Gasteiger charge is 2.36. The number of halogens is 2. The van der Waals surface area contributed by atoms with Gasteiger partial charge in [-0.3, -0.25) is 0 Å². The zero-order valence-electron chi connectivity index (χ0n) is 21.5. The monoisotopic (exact) mass is 476 g/mol. The predicted octanol–water partition coefficient (Wildman–Crippen LogP) is 8.82. The third-order valence-corrected chi connectivity index (χ3v) is 9.23. The molecular weight excluding hydrogens is 430 g/mol. The fraction of sp³-hybridized carbons (Fsp3) is 0.800. The van der Waals surface area contributed by atoms with Gasteiger partial charge < -0.3 is 9.47 Å². The first kappa shape index (κ1) is 25.9. The molecule has 0 unspecified atom stereocenters. The molecule has 1 aromatic carbocycles. The maximum absolute atomic E-state index is 14.7. The highest BCUT2D eigenvalue weighted by atomic mass is 19.2. The van der Waals surface area contributed by atoms with Crippen molar-refractivity contribution >= 4 is 0 Å². The largest absolute Gasteiger partial charge is 0.491 e. The molecule has 0 amide bonds. The van der Waals surface area contributed by atoms with Crippen molar-refractivity contribution in [2.45, 2.75) is 116 Å². The van der Waals surface area contributed by atoms with E-state index in [-0.39, 0.29) is 11.7 Å². The summed E-state index contributed by atoms with van der Waals surface area (Å²) in [6, 6.07) is 3.33. The molecule has 2 aliphatic carbocycles. The quantitative estimate of drug-likeness (QED) is 0.331. The summed E-state index contributed by atoms with van der Waals surface area (Å²) in [6.07, 6.45) is 18.2. The van der Waals surface area contributed by atoms with Gasteiger partial charge in [-0.2, -0.15) is 4.39 Å². The van der Waals surface area contributed by atoms with Gasteiger partial charge in [-0.25, -0.2) is 4.39 Å². The summed E-state index contributed by atoms with van der Waals surface area (Å²) in [6.45, 7) is 5.32. The van der Waals surface area contributed by atoms with E-state index >= 15 is 0 Å². The lowest BCUT2D eigenvalue weighted by molar-refractivity contribution is -0.0733. The number of unbranched alkanes of at least 4 members (excludes halogenated alkanes) is 2. The Morgan fingerprint density at radius 3 is 2.15 bits per heavy atom. The molecule has 3 fully saturated rings. The first-order valence-corrected chi connectivity index (χ1v) is 14.3. The maximum Gasteiger partial charge on any atom is 0.200 e. The predicted molar refractivity (Wildman–Crippen MR) is 134 cm³/mol. The molecule has 0 aromatic heterocycles. The van der Waals surface area contributed by atoms with Crippen LogP contribution in [0.25, 0.3) is 0 Å². The fourth-order valence-corrected chi connectivity index (χ4v) is 7.10. The van der Waals surface area contributed by atoms with Crippen LogP contribution < -0.4 is 4.74 Å². The maximum atomic E-state index is 14.7. The Morgan fingerprint density at radius 2 is 1.50 bits per heavy atom. The Bertz CT molecular complexity index is 742. The summed E-state index contributed by atoms with van der Waals surface area (Å²) in [4.78, 5) is 0. The minimum absolute atomic E-state index is 0.0244. The van der Waals surface area contributed by atoms with Crippen molar-refractivity contribution < 1.29 is 18.3 Å². The van der Waals surface area contributed by atoms with Gasteiger partial charge in [-0.15, -0.1) is 0 Å². The highest BCUT2D eigenvalue weighted by Crippen LogP contribution is 2.44. The van der Waals surface area contributed by atoms with Gasteiger partial charge in [0.15, 0.2) is 11.6 Å². The Kier molecular flexibility index (Phi) is 9.68. The second-order valence-electron chi connectivity index (χ2n) is 11.3. The van der Waals surface area contributed by atoms with Gasteiger partial charge in [0.1, 0.15) is 0 Å². The van der Waals surface area contributed by atoms with Crippen molar-refractivity contribution in [1.29, 1.82) is 0 Å². The van der Waals surface area contributed by atoms with E-state index in [0.29, 0.717) is 30.1 Å². The van der Waals surface area contributed by atoms with E-state index in [1.54, 1.807) is 19.1 Å². The van der Waals surface area contributed by atoms with Crippen LogP contribution in [0.1, 0.15) is 115 Å². The van der Waals surface area contributed by atoms with Crippen molar-refractivity contribution in [3.05, 3.63) is 29.3 Å². The third kappa shape index (κ3) is 6.33. The normalized spacial score (nSPS) is 32.5. The Labute approximate surface area is 206 Å². The molecular formula is C30H46F2O2. The number of ether oxygens (including phenoxy) is 2. The first-order chi connectivity index (χ1) is 16.6. The van der Waals surface area contributed by atoms with Crippen molar-refractivity contribution in [2.24, 2.45) is 23.7 Å². The summed E-state index contributed by atoms with van der Waals surface area (Å²) in [5, 5.41) is 0. The van der Waals surface area contributed by atoms with E-state index < -0.39 is 11.6 Å². The lowest BCUT2D eigenvalue weighted by Gasteiger charge is -2.41. The average molecular weight is 477 g/mol. The third-order valence-electron chi connectivity index (χ3n) is 9.23. The molecule has 3 aliphatic rings. The van der Waals surface area contributed by atoms with E-state index in [9.17, 15) is 8.78 Å². The van der Waals surface area contributed by atoms with Crippen LogP contribution in [0.2, 0.25) is 0 Å². The van der Waals surface area contributed by atoms with Crippen LogP contribution in [0.4, 0.5) is 8.78 Å². The molecule has 0 radical (unpaired) electrons. The number of hydrogen-bond donors (Lipinski definition) is 0. The molecule has 1 aromatic rings. The molecule has 34 heavy (non-hydrogen) atoms. The van der Waals surface area contributed by atoms with E-state index in [0.717, 1.165) is 44.1 Å². The molecule has 1 saturated heterocycles. The van der Waals surface area contributed by atoms with Crippen LogP contribution >= 0.6 is 0 Å². The van der Waals surface area contributed by atoms with Crippen LogP contribution in [-0.2, 0) is 4.74 Å². The molecule has 2 nitrogen and oxygen atoms in total. The van der Waals surface area contributed by atoms with Gasteiger partial charge in [-0.05, 0) is 99.5 Å². The van der Waals surface area contributed by atoms with E-state index in [1.807, 2.05) is 0 Å². The Balaban J connectivity index is 1.19. The lowest BCUT2D eigenvalue weighted by Crippen LogP contribution is -2.37. The number of benzene rings is 1. The summed E-state index contributed by atoms with van der Waals surface area (Å²) in [7, 11) is 0. The first-order valence-electron chi connectivity index (χ1n) is 14.3. The van der Waals surface area contributed by atoms with E-state index in [4.69, 9.17) is 9.47 Å². The van der Waals surface area contributed by atoms with Gasteiger partial charge in [0, 0.05) is 0 Å². The van der Waals surface area contributed by atoms with E-state index in [2.05, 4.69) is 6.92 Å². The fourth-order valence-electron chi connectivity index (χ4n) is 7.10. The summed E-state index contributed by atoms with van der Waals surface area (Å²) >= 11 is 0. The molecule has 4 rings (SSSR count). The molecule has 2 atom stereocenters. The minimum Gasteiger partial charge on any atom is -0.491 e. The molecule has 192 valence electrons. The molecule has 1 aliphatic heterocycles. The number of hydrogen-bond acceptors (Lipinski definition) is 2. The zero-order chi connectivity index (χ0) is 23.9. The van der Waals surface area contributed by atoms with Crippen molar-refractivity contribution in [2.75, 3.05) is 13.2 Å². The van der Waals surface area contributed by atoms with Crippen molar-refractivity contribution in [1.82, 2.24) is 0 Å². The van der Waals surface area contributed by atoms with Crippen LogP contribution in [0, 0.1) is 35.3 Å².